The van der Waals surface area contributed by atoms with Gasteiger partial charge in [-0.15, -0.1) is 0 Å². The maximum atomic E-state index is 11.7. The summed E-state index contributed by atoms with van der Waals surface area (Å²) >= 11 is 1.53. The Labute approximate surface area is 68.4 Å². The average molecular weight is 180 g/mol. The zero-order chi connectivity index (χ0) is 7.98. The Hall–Kier alpha value is -0.160. The van der Waals surface area contributed by atoms with Crippen LogP contribution in [0.4, 0.5) is 3.89 Å². The van der Waals surface area contributed by atoms with Crippen molar-refractivity contribution in [1.82, 2.24) is 0 Å². The number of hydrogen-bond donors (Lipinski definition) is 1. The monoisotopic (exact) mass is 180 g/mol. The SMILES string of the molecule is C/C(=N/N)S/C=C(\C)SF. The third kappa shape index (κ3) is 4.69. The molecule has 0 aliphatic rings. The summed E-state index contributed by atoms with van der Waals surface area (Å²) in [4.78, 5) is 0.605. The Morgan fingerprint density at radius 3 is 2.60 bits per heavy atom. The molecular weight excluding hydrogens is 171 g/mol. The van der Waals surface area contributed by atoms with E-state index in [4.69, 9.17) is 5.84 Å². The van der Waals surface area contributed by atoms with Gasteiger partial charge in [0.2, 0.25) is 0 Å². The van der Waals surface area contributed by atoms with Crippen LogP contribution in [0.25, 0.3) is 0 Å². The fraction of sp³-hybridized carbons (Fsp3) is 0.400. The van der Waals surface area contributed by atoms with Gasteiger partial charge in [0.05, 0.1) is 17.2 Å². The molecule has 0 bridgehead atoms. The number of thioether (sulfide) groups is 1. The first kappa shape index (κ1) is 9.84. The van der Waals surface area contributed by atoms with Gasteiger partial charge in [-0.05, 0) is 19.3 Å². The first-order chi connectivity index (χ1) is 4.70. The van der Waals surface area contributed by atoms with E-state index in [2.05, 4.69) is 5.10 Å². The van der Waals surface area contributed by atoms with Crippen molar-refractivity contribution < 1.29 is 3.89 Å². The molecule has 0 spiro atoms. The Bertz CT molecular complexity index is 156. The van der Waals surface area contributed by atoms with Crippen LogP contribution >= 0.6 is 23.9 Å². The lowest BCUT2D eigenvalue weighted by Gasteiger charge is -1.91. The highest BCUT2D eigenvalue weighted by atomic mass is 32.2. The fourth-order valence-corrected chi connectivity index (χ4v) is 0.904. The number of halogens is 1. The zero-order valence-corrected chi connectivity index (χ0v) is 7.43. The molecule has 0 unspecified atom stereocenters. The van der Waals surface area contributed by atoms with Crippen LogP contribution in [0.3, 0.4) is 0 Å². The van der Waals surface area contributed by atoms with Crippen LogP contribution in [0.15, 0.2) is 15.4 Å². The van der Waals surface area contributed by atoms with E-state index in [0.29, 0.717) is 9.95 Å². The van der Waals surface area contributed by atoms with Gasteiger partial charge in [-0.2, -0.15) is 8.99 Å². The Morgan fingerprint density at radius 2 is 2.20 bits per heavy atom. The highest BCUT2D eigenvalue weighted by Gasteiger charge is 1.90. The molecule has 0 aromatic carbocycles. The molecule has 0 aromatic rings. The van der Waals surface area contributed by atoms with E-state index in [1.54, 1.807) is 19.3 Å². The molecule has 0 atom stereocenters. The van der Waals surface area contributed by atoms with Crippen LogP contribution in [-0.2, 0) is 0 Å². The van der Waals surface area contributed by atoms with Crippen molar-refractivity contribution in [1.29, 1.82) is 0 Å². The minimum Gasteiger partial charge on any atom is -0.323 e. The first-order valence-corrected chi connectivity index (χ1v) is 4.17. The summed E-state index contributed by atoms with van der Waals surface area (Å²) < 4.78 is 11.7. The third-order valence-corrected chi connectivity index (χ3v) is 2.13. The minimum absolute atomic E-state index is 0.222. The zero-order valence-electron chi connectivity index (χ0n) is 5.80. The fourth-order valence-electron chi connectivity index (χ4n) is 0.217. The predicted molar refractivity (Wildman–Crippen MR) is 47.3 cm³/mol. The maximum absolute atomic E-state index is 11.7. The maximum Gasteiger partial charge on any atom is 0.0939 e. The highest BCUT2D eigenvalue weighted by molar-refractivity contribution is 8.16. The standard InChI is InChI=1S/C5H9FN2S2/c1-4(10-6)3-9-5(2)8-7/h3H,7H2,1-2H3/b4-3+,8-5-. The van der Waals surface area contributed by atoms with Crippen LogP contribution in [0.1, 0.15) is 13.8 Å². The third-order valence-electron chi connectivity index (χ3n) is 0.699. The molecule has 10 heavy (non-hydrogen) atoms. The van der Waals surface area contributed by atoms with Gasteiger partial charge >= 0.3 is 0 Å². The van der Waals surface area contributed by atoms with E-state index in [9.17, 15) is 3.89 Å². The first-order valence-electron chi connectivity index (χ1n) is 2.57. The number of nitrogens with zero attached hydrogens (tertiary/aromatic N) is 1. The molecule has 5 heteroatoms. The van der Waals surface area contributed by atoms with Crippen LogP contribution in [-0.4, -0.2) is 5.04 Å². The summed E-state index contributed by atoms with van der Waals surface area (Å²) in [7, 11) is 0. The van der Waals surface area contributed by atoms with Crippen molar-refractivity contribution in [2.75, 3.05) is 0 Å². The molecule has 0 aliphatic carbocycles. The number of nitrogens with two attached hydrogens (primary N) is 1. The van der Waals surface area contributed by atoms with Gasteiger partial charge in [0.1, 0.15) is 0 Å². The molecule has 0 saturated carbocycles. The van der Waals surface area contributed by atoms with E-state index in [1.165, 1.54) is 11.8 Å². The number of allylic oxidation sites excluding steroid dienone is 1. The van der Waals surface area contributed by atoms with Crippen molar-refractivity contribution in [2.24, 2.45) is 10.9 Å². The molecule has 0 radical (unpaired) electrons. The number of hydrogen-bond acceptors (Lipinski definition) is 4. The molecule has 58 valence electrons. The highest BCUT2D eigenvalue weighted by Crippen LogP contribution is 2.19. The van der Waals surface area contributed by atoms with Crippen molar-refractivity contribution in [3.8, 4) is 0 Å². The minimum atomic E-state index is 0.222. The quantitative estimate of drug-likeness (QED) is 0.307. The Kier molecular flexibility index (Phi) is 5.52. The number of hydrazone groups is 1. The van der Waals surface area contributed by atoms with Gasteiger partial charge in [-0.3, -0.25) is 0 Å². The molecule has 0 rings (SSSR count). The molecule has 0 amide bonds. The topological polar surface area (TPSA) is 38.4 Å². The second-order valence-corrected chi connectivity index (χ2v) is 3.43. The summed E-state index contributed by atoms with van der Waals surface area (Å²) in [5.74, 6) is 4.94. The van der Waals surface area contributed by atoms with Crippen molar-refractivity contribution in [2.45, 2.75) is 13.8 Å². The van der Waals surface area contributed by atoms with E-state index in [0.717, 1.165) is 0 Å². The summed E-state index contributed by atoms with van der Waals surface area (Å²) in [6, 6.07) is 0. The van der Waals surface area contributed by atoms with E-state index in [-0.39, 0.29) is 12.1 Å². The largest absolute Gasteiger partial charge is 0.323 e. The molecule has 2 nitrogen and oxygen atoms in total. The molecule has 0 aromatic heterocycles. The van der Waals surface area contributed by atoms with Gasteiger partial charge < -0.3 is 5.84 Å². The van der Waals surface area contributed by atoms with Crippen LogP contribution < -0.4 is 5.84 Å². The summed E-state index contributed by atoms with van der Waals surface area (Å²) in [6.45, 7) is 3.44. The molecular formula is C5H9FN2S2. The molecule has 0 heterocycles. The Balaban J connectivity index is 3.72. The lowest BCUT2D eigenvalue weighted by atomic mass is 10.8. The lowest BCUT2D eigenvalue weighted by molar-refractivity contribution is 0.943. The molecule has 2 N–H and O–H groups in total. The van der Waals surface area contributed by atoms with Crippen molar-refractivity contribution in [3.63, 3.8) is 0 Å². The normalized spacial score (nSPS) is 13.9. The molecule has 0 saturated heterocycles. The summed E-state index contributed by atoms with van der Waals surface area (Å²) in [5, 5.41) is 5.78. The van der Waals surface area contributed by atoms with Crippen LogP contribution in [0, 0.1) is 0 Å². The molecule has 0 aliphatic heterocycles. The van der Waals surface area contributed by atoms with Gasteiger partial charge in [0, 0.05) is 4.91 Å². The Morgan fingerprint density at radius 1 is 1.60 bits per heavy atom. The average Bonchev–Trinajstić information content (AvgIpc) is 1.99. The summed E-state index contributed by atoms with van der Waals surface area (Å²) in [6.07, 6.45) is 0. The van der Waals surface area contributed by atoms with E-state index >= 15 is 0 Å². The smallest absolute Gasteiger partial charge is 0.0939 e. The van der Waals surface area contributed by atoms with Gasteiger partial charge in [-0.25, -0.2) is 0 Å². The van der Waals surface area contributed by atoms with E-state index < -0.39 is 0 Å². The second kappa shape index (κ2) is 5.61. The lowest BCUT2D eigenvalue weighted by Crippen LogP contribution is -1.87. The number of rotatable bonds is 2. The van der Waals surface area contributed by atoms with Crippen LogP contribution in [0.2, 0.25) is 0 Å². The predicted octanol–water partition coefficient (Wildman–Crippen LogP) is 2.49. The van der Waals surface area contributed by atoms with Gasteiger partial charge in [0.15, 0.2) is 0 Å². The second-order valence-electron chi connectivity index (χ2n) is 1.57. The van der Waals surface area contributed by atoms with E-state index in [1.807, 2.05) is 0 Å². The van der Waals surface area contributed by atoms with Gasteiger partial charge in [-0.1, -0.05) is 11.8 Å². The molecule has 0 fully saturated rings. The summed E-state index contributed by atoms with van der Waals surface area (Å²) in [5.41, 5.74) is 0. The van der Waals surface area contributed by atoms with Crippen LogP contribution in [0.5, 0.6) is 0 Å². The van der Waals surface area contributed by atoms with Crippen molar-refractivity contribution in [3.05, 3.63) is 10.3 Å². The van der Waals surface area contributed by atoms with Gasteiger partial charge in [0.25, 0.3) is 0 Å². The van der Waals surface area contributed by atoms with Crippen molar-refractivity contribution >= 4 is 29.0 Å².